The van der Waals surface area contributed by atoms with Crippen LogP contribution in [-0.4, -0.2) is 30.4 Å². The van der Waals surface area contributed by atoms with Crippen molar-refractivity contribution in [1.82, 2.24) is 4.90 Å². The van der Waals surface area contributed by atoms with Crippen LogP contribution in [0.15, 0.2) is 0 Å². The third-order valence-corrected chi connectivity index (χ3v) is 3.99. The van der Waals surface area contributed by atoms with Gasteiger partial charge in [-0.05, 0) is 37.1 Å². The van der Waals surface area contributed by atoms with E-state index in [2.05, 4.69) is 25.7 Å². The largest absolute Gasteiger partial charge is 0.342 e. The molecule has 0 aliphatic carbocycles. The Kier molecular flexibility index (Phi) is 4.99. The first-order chi connectivity index (χ1) is 7.86. The monoisotopic (exact) mass is 240 g/mol. The second-order valence-electron chi connectivity index (χ2n) is 6.47. The van der Waals surface area contributed by atoms with E-state index in [1.54, 1.807) is 0 Å². The lowest BCUT2D eigenvalue weighted by atomic mass is 9.80. The van der Waals surface area contributed by atoms with Gasteiger partial charge in [-0.2, -0.15) is 0 Å². The number of carbonyl (C=O) groups is 1. The highest BCUT2D eigenvalue weighted by molar-refractivity contribution is 5.78. The van der Waals surface area contributed by atoms with Crippen LogP contribution >= 0.6 is 0 Å². The van der Waals surface area contributed by atoms with Crippen LogP contribution in [0.25, 0.3) is 0 Å². The van der Waals surface area contributed by atoms with Gasteiger partial charge in [-0.1, -0.05) is 27.7 Å². The van der Waals surface area contributed by atoms with Gasteiger partial charge in [0.15, 0.2) is 0 Å². The number of rotatable bonds is 4. The molecular formula is C14H28N2O. The fourth-order valence-electron chi connectivity index (χ4n) is 2.53. The van der Waals surface area contributed by atoms with Crippen LogP contribution in [0.2, 0.25) is 0 Å². The van der Waals surface area contributed by atoms with E-state index in [1.165, 1.54) is 0 Å². The van der Waals surface area contributed by atoms with Crippen LogP contribution in [0.1, 0.15) is 47.0 Å². The Morgan fingerprint density at radius 2 is 2.12 bits per heavy atom. The van der Waals surface area contributed by atoms with Gasteiger partial charge < -0.3 is 10.6 Å². The van der Waals surface area contributed by atoms with Crippen molar-refractivity contribution in [3.05, 3.63) is 0 Å². The molecule has 1 heterocycles. The fourth-order valence-corrected chi connectivity index (χ4v) is 2.53. The maximum atomic E-state index is 12.2. The summed E-state index contributed by atoms with van der Waals surface area (Å²) in [6.45, 7) is 11.4. The molecule has 0 aromatic heterocycles. The van der Waals surface area contributed by atoms with Gasteiger partial charge in [0, 0.05) is 19.0 Å². The summed E-state index contributed by atoms with van der Waals surface area (Å²) < 4.78 is 0. The minimum absolute atomic E-state index is 0.136. The van der Waals surface area contributed by atoms with Gasteiger partial charge in [0.05, 0.1) is 0 Å². The molecule has 0 saturated carbocycles. The summed E-state index contributed by atoms with van der Waals surface area (Å²) in [5, 5.41) is 0. The molecule has 0 bridgehead atoms. The zero-order valence-electron chi connectivity index (χ0n) is 11.8. The van der Waals surface area contributed by atoms with Crippen molar-refractivity contribution >= 4 is 5.91 Å². The first-order valence-corrected chi connectivity index (χ1v) is 6.85. The second kappa shape index (κ2) is 5.85. The molecule has 17 heavy (non-hydrogen) atoms. The molecule has 0 spiro atoms. The maximum Gasteiger partial charge on any atom is 0.225 e. The van der Waals surface area contributed by atoms with E-state index in [-0.39, 0.29) is 5.92 Å². The van der Waals surface area contributed by atoms with E-state index in [9.17, 15) is 4.79 Å². The lowest BCUT2D eigenvalue weighted by Gasteiger charge is -2.27. The summed E-state index contributed by atoms with van der Waals surface area (Å²) in [5.74, 6) is 1.11. The van der Waals surface area contributed by atoms with Gasteiger partial charge >= 0.3 is 0 Å². The zero-order valence-corrected chi connectivity index (χ0v) is 11.8. The molecule has 1 amide bonds. The van der Waals surface area contributed by atoms with Crippen LogP contribution in [0, 0.1) is 17.3 Å². The summed E-state index contributed by atoms with van der Waals surface area (Å²) in [7, 11) is 0. The van der Waals surface area contributed by atoms with E-state index in [4.69, 9.17) is 5.73 Å². The Labute approximate surface area is 106 Å². The minimum atomic E-state index is 0.136. The van der Waals surface area contributed by atoms with Crippen molar-refractivity contribution in [3.8, 4) is 0 Å². The van der Waals surface area contributed by atoms with Crippen LogP contribution in [0.5, 0.6) is 0 Å². The topological polar surface area (TPSA) is 46.3 Å². The van der Waals surface area contributed by atoms with Crippen LogP contribution in [0.3, 0.4) is 0 Å². The second-order valence-corrected chi connectivity index (χ2v) is 6.47. The van der Waals surface area contributed by atoms with E-state index in [1.807, 2.05) is 6.92 Å². The number of hydrogen-bond donors (Lipinski definition) is 1. The molecule has 0 radical (unpaired) electrons. The van der Waals surface area contributed by atoms with Crippen molar-refractivity contribution in [2.45, 2.75) is 47.0 Å². The molecule has 2 N–H and O–H groups in total. The fraction of sp³-hybridized carbons (Fsp3) is 0.929. The quantitative estimate of drug-likeness (QED) is 0.819. The molecule has 0 aromatic carbocycles. The van der Waals surface area contributed by atoms with Gasteiger partial charge in [0.1, 0.15) is 0 Å². The standard InChI is InChI=1S/C14H28N2O/c1-11(6-5-8-15)13(17)16-9-7-12(10-16)14(2,3)4/h11-12H,5-10,15H2,1-4H3. The first kappa shape index (κ1) is 14.5. The molecule has 2 atom stereocenters. The molecule has 1 aliphatic rings. The minimum Gasteiger partial charge on any atom is -0.342 e. The Bertz CT molecular complexity index is 257. The number of amides is 1. The van der Waals surface area contributed by atoms with Crippen molar-refractivity contribution in [3.63, 3.8) is 0 Å². The number of nitrogens with zero attached hydrogens (tertiary/aromatic N) is 1. The predicted octanol–water partition coefficient (Wildman–Crippen LogP) is 2.26. The van der Waals surface area contributed by atoms with Crippen molar-refractivity contribution in [2.75, 3.05) is 19.6 Å². The Hall–Kier alpha value is -0.570. The zero-order chi connectivity index (χ0) is 13.1. The van der Waals surface area contributed by atoms with Crippen molar-refractivity contribution in [1.29, 1.82) is 0 Å². The normalized spacial score (nSPS) is 22.9. The number of carbonyl (C=O) groups excluding carboxylic acids is 1. The number of hydrogen-bond acceptors (Lipinski definition) is 2. The molecule has 2 unspecified atom stereocenters. The predicted molar refractivity (Wildman–Crippen MR) is 71.6 cm³/mol. The summed E-state index contributed by atoms with van der Waals surface area (Å²) in [5.41, 5.74) is 5.80. The molecule has 3 nitrogen and oxygen atoms in total. The number of nitrogens with two attached hydrogens (primary N) is 1. The summed E-state index contributed by atoms with van der Waals surface area (Å²) >= 11 is 0. The molecule has 1 aliphatic heterocycles. The van der Waals surface area contributed by atoms with E-state index >= 15 is 0 Å². The average molecular weight is 240 g/mol. The first-order valence-electron chi connectivity index (χ1n) is 6.85. The summed E-state index contributed by atoms with van der Waals surface area (Å²) in [4.78, 5) is 14.3. The van der Waals surface area contributed by atoms with E-state index in [0.717, 1.165) is 32.4 Å². The van der Waals surface area contributed by atoms with Crippen molar-refractivity contribution in [2.24, 2.45) is 23.0 Å². The highest BCUT2D eigenvalue weighted by atomic mass is 16.2. The van der Waals surface area contributed by atoms with Gasteiger partial charge in [-0.15, -0.1) is 0 Å². The van der Waals surface area contributed by atoms with Crippen LogP contribution < -0.4 is 5.73 Å². The molecular weight excluding hydrogens is 212 g/mol. The van der Waals surface area contributed by atoms with E-state index < -0.39 is 0 Å². The third kappa shape index (κ3) is 3.98. The molecule has 1 fully saturated rings. The van der Waals surface area contributed by atoms with Gasteiger partial charge in [0.2, 0.25) is 5.91 Å². The lowest BCUT2D eigenvalue weighted by molar-refractivity contribution is -0.134. The Morgan fingerprint density at radius 1 is 1.47 bits per heavy atom. The third-order valence-electron chi connectivity index (χ3n) is 3.99. The van der Waals surface area contributed by atoms with Crippen molar-refractivity contribution < 1.29 is 4.79 Å². The van der Waals surface area contributed by atoms with Gasteiger partial charge in [-0.25, -0.2) is 0 Å². The summed E-state index contributed by atoms with van der Waals surface area (Å²) in [6, 6.07) is 0. The highest BCUT2D eigenvalue weighted by Crippen LogP contribution is 2.34. The number of likely N-dealkylation sites (tertiary alicyclic amines) is 1. The van der Waals surface area contributed by atoms with Crippen LogP contribution in [0.4, 0.5) is 0 Å². The maximum absolute atomic E-state index is 12.2. The summed E-state index contributed by atoms with van der Waals surface area (Å²) in [6.07, 6.45) is 3.02. The van der Waals surface area contributed by atoms with Gasteiger partial charge in [-0.3, -0.25) is 4.79 Å². The Morgan fingerprint density at radius 3 is 2.59 bits per heavy atom. The SMILES string of the molecule is CC(CCCN)C(=O)N1CCC(C(C)(C)C)C1. The highest BCUT2D eigenvalue weighted by Gasteiger charge is 2.34. The Balaban J connectivity index is 2.45. The van der Waals surface area contributed by atoms with Gasteiger partial charge in [0.25, 0.3) is 0 Å². The smallest absolute Gasteiger partial charge is 0.225 e. The average Bonchev–Trinajstić information content (AvgIpc) is 2.73. The molecule has 0 aromatic rings. The molecule has 100 valence electrons. The lowest BCUT2D eigenvalue weighted by Crippen LogP contribution is -2.35. The van der Waals surface area contributed by atoms with Crippen LogP contribution in [-0.2, 0) is 4.79 Å². The molecule has 1 rings (SSSR count). The molecule has 1 saturated heterocycles. The molecule has 3 heteroatoms. The van der Waals surface area contributed by atoms with E-state index in [0.29, 0.717) is 23.8 Å².